The van der Waals surface area contributed by atoms with Gasteiger partial charge in [0.15, 0.2) is 5.78 Å². The fourth-order valence-corrected chi connectivity index (χ4v) is 3.51. The highest BCUT2D eigenvalue weighted by Crippen LogP contribution is 2.52. The van der Waals surface area contributed by atoms with Gasteiger partial charge in [-0.1, -0.05) is 13.8 Å². The van der Waals surface area contributed by atoms with Crippen LogP contribution in [0.2, 0.25) is 0 Å². The molecule has 1 fully saturated rings. The molecule has 4 nitrogen and oxygen atoms in total. The van der Waals surface area contributed by atoms with Gasteiger partial charge in [-0.3, -0.25) is 9.59 Å². The van der Waals surface area contributed by atoms with Gasteiger partial charge in [0.25, 0.3) is 0 Å². The first-order valence-corrected chi connectivity index (χ1v) is 6.18. The summed E-state index contributed by atoms with van der Waals surface area (Å²) in [7, 11) is 1.77. The van der Waals surface area contributed by atoms with Crippen molar-refractivity contribution in [1.82, 2.24) is 4.90 Å². The molecule has 1 amide bonds. The van der Waals surface area contributed by atoms with Gasteiger partial charge >= 0.3 is 0 Å². The van der Waals surface area contributed by atoms with Crippen molar-refractivity contribution in [1.29, 1.82) is 5.26 Å². The maximum absolute atomic E-state index is 12.4. The van der Waals surface area contributed by atoms with Gasteiger partial charge in [-0.05, 0) is 25.3 Å². The predicted octanol–water partition coefficient (Wildman–Crippen LogP) is 1.53. The molecule has 4 heteroatoms. The number of hydrogen-bond donors (Lipinski definition) is 0. The third-order valence-electron chi connectivity index (χ3n) is 4.55. The molecule has 2 rings (SSSR count). The molecule has 0 radical (unpaired) electrons. The predicted molar refractivity (Wildman–Crippen MR) is 66.3 cm³/mol. The molecule has 0 saturated carbocycles. The number of ketones is 1. The average Bonchev–Trinajstić information content (AvgIpc) is 2.31. The summed E-state index contributed by atoms with van der Waals surface area (Å²) >= 11 is 0. The third kappa shape index (κ3) is 1.43. The summed E-state index contributed by atoms with van der Waals surface area (Å²) < 4.78 is 0. The molecule has 2 atom stereocenters. The van der Waals surface area contributed by atoms with E-state index in [9.17, 15) is 9.59 Å². The van der Waals surface area contributed by atoms with E-state index in [2.05, 4.69) is 0 Å². The van der Waals surface area contributed by atoms with Crippen LogP contribution >= 0.6 is 0 Å². The molecule has 2 aliphatic rings. The molecule has 0 aromatic heterocycles. The second-order valence-electron chi connectivity index (χ2n) is 6.07. The van der Waals surface area contributed by atoms with Gasteiger partial charge < -0.3 is 4.90 Å². The molecule has 0 N–H and O–H groups in total. The van der Waals surface area contributed by atoms with Crippen molar-refractivity contribution in [2.24, 2.45) is 16.7 Å². The quantitative estimate of drug-likeness (QED) is 0.651. The largest absolute Gasteiger partial charge is 0.345 e. The molecular weight excluding hydrogens is 228 g/mol. The molecular formula is C14H18N2O2. The summed E-state index contributed by atoms with van der Waals surface area (Å²) in [6, 6.07) is 1.94. The number of allylic oxidation sites excluding steroid dienone is 1. The number of hydrogen-bond acceptors (Lipinski definition) is 3. The number of amides is 1. The van der Waals surface area contributed by atoms with Crippen LogP contribution in [0.25, 0.3) is 0 Å². The van der Waals surface area contributed by atoms with Crippen molar-refractivity contribution >= 4 is 11.7 Å². The van der Waals surface area contributed by atoms with Crippen LogP contribution in [0.5, 0.6) is 0 Å². The number of nitrogens with zero attached hydrogens (tertiary/aromatic N) is 2. The SMILES string of the molecule is CN1CC[C@H]2C(C)(C)C(=O)C(C#N)=CC2(C)C1=O. The van der Waals surface area contributed by atoms with Crippen molar-refractivity contribution in [3.05, 3.63) is 11.6 Å². The average molecular weight is 246 g/mol. The minimum Gasteiger partial charge on any atom is -0.345 e. The van der Waals surface area contributed by atoms with Crippen molar-refractivity contribution in [2.45, 2.75) is 27.2 Å². The topological polar surface area (TPSA) is 61.2 Å². The lowest BCUT2D eigenvalue weighted by atomic mass is 9.54. The van der Waals surface area contributed by atoms with Gasteiger partial charge in [-0.25, -0.2) is 0 Å². The highest BCUT2D eigenvalue weighted by molar-refractivity contribution is 6.06. The van der Waals surface area contributed by atoms with Crippen LogP contribution in [0.15, 0.2) is 11.6 Å². The first-order valence-electron chi connectivity index (χ1n) is 6.18. The fourth-order valence-electron chi connectivity index (χ4n) is 3.51. The zero-order chi connectivity index (χ0) is 13.7. The number of Topliss-reactive ketones (excluding diaryl/α,β-unsaturated/α-hetero) is 1. The van der Waals surface area contributed by atoms with E-state index >= 15 is 0 Å². The summed E-state index contributed by atoms with van der Waals surface area (Å²) in [6.07, 6.45) is 2.38. The van der Waals surface area contributed by atoms with Gasteiger partial charge in [-0.15, -0.1) is 0 Å². The van der Waals surface area contributed by atoms with Crippen molar-refractivity contribution in [3.8, 4) is 6.07 Å². The van der Waals surface area contributed by atoms with Gasteiger partial charge in [0.05, 0.1) is 11.0 Å². The molecule has 0 bridgehead atoms. The molecule has 18 heavy (non-hydrogen) atoms. The Bertz CT molecular complexity index is 498. The first-order chi connectivity index (χ1) is 8.25. The van der Waals surface area contributed by atoms with Crippen LogP contribution in [0, 0.1) is 28.1 Å². The smallest absolute Gasteiger partial charge is 0.232 e. The van der Waals surface area contributed by atoms with Crippen LogP contribution in [0.3, 0.4) is 0 Å². The Morgan fingerprint density at radius 1 is 1.39 bits per heavy atom. The molecule has 1 saturated heterocycles. The van der Waals surface area contributed by atoms with Gasteiger partial charge in [0, 0.05) is 19.0 Å². The lowest BCUT2D eigenvalue weighted by Gasteiger charge is -2.51. The Labute approximate surface area is 107 Å². The van der Waals surface area contributed by atoms with E-state index in [4.69, 9.17) is 5.26 Å². The highest BCUT2D eigenvalue weighted by Gasteiger charge is 2.56. The summed E-state index contributed by atoms with van der Waals surface area (Å²) in [5.41, 5.74) is -1.25. The van der Waals surface area contributed by atoms with Crippen LogP contribution < -0.4 is 0 Å². The van der Waals surface area contributed by atoms with E-state index in [0.29, 0.717) is 6.54 Å². The molecule has 0 spiro atoms. The Balaban J connectivity index is 2.62. The molecule has 1 aliphatic carbocycles. The summed E-state index contributed by atoms with van der Waals surface area (Å²) in [5, 5.41) is 9.09. The number of carbonyl (C=O) groups excluding carboxylic acids is 2. The number of rotatable bonds is 0. The number of fused-ring (bicyclic) bond motifs is 1. The molecule has 0 aromatic rings. The Morgan fingerprint density at radius 3 is 2.56 bits per heavy atom. The molecule has 1 unspecified atom stereocenters. The van der Waals surface area contributed by atoms with Crippen molar-refractivity contribution in [2.75, 3.05) is 13.6 Å². The molecule has 96 valence electrons. The Kier molecular flexibility index (Phi) is 2.62. The molecule has 0 aromatic carbocycles. The van der Waals surface area contributed by atoms with Gasteiger partial charge in [0.2, 0.25) is 5.91 Å². The van der Waals surface area contributed by atoms with Crippen LogP contribution in [-0.2, 0) is 9.59 Å². The van der Waals surface area contributed by atoms with Gasteiger partial charge in [-0.2, -0.15) is 5.26 Å². The standard InChI is InChI=1S/C14H18N2O2/c1-13(2)10-5-6-16(4)12(18)14(10,3)7-9(8-15)11(13)17/h7,10H,5-6H2,1-4H3/t10-,14?/m0/s1. The second-order valence-corrected chi connectivity index (χ2v) is 6.07. The normalized spacial score (nSPS) is 34.7. The number of carbonyl (C=O) groups is 2. The van der Waals surface area contributed by atoms with Crippen molar-refractivity contribution in [3.63, 3.8) is 0 Å². The Hall–Kier alpha value is -1.63. The molecule has 1 aliphatic heterocycles. The van der Waals surface area contributed by atoms with E-state index in [1.807, 2.05) is 26.8 Å². The lowest BCUT2D eigenvalue weighted by molar-refractivity contribution is -0.152. The second kappa shape index (κ2) is 3.68. The highest BCUT2D eigenvalue weighted by atomic mass is 16.2. The third-order valence-corrected chi connectivity index (χ3v) is 4.55. The zero-order valence-electron chi connectivity index (χ0n) is 11.3. The monoisotopic (exact) mass is 246 g/mol. The first kappa shape index (κ1) is 12.8. The van der Waals surface area contributed by atoms with Crippen LogP contribution in [-0.4, -0.2) is 30.2 Å². The summed E-state index contributed by atoms with van der Waals surface area (Å²) in [6.45, 7) is 6.22. The summed E-state index contributed by atoms with van der Waals surface area (Å²) in [4.78, 5) is 26.3. The van der Waals surface area contributed by atoms with E-state index in [1.165, 1.54) is 0 Å². The lowest BCUT2D eigenvalue weighted by Crippen LogP contribution is -2.57. The minimum absolute atomic E-state index is 0.00655. The maximum atomic E-state index is 12.4. The van der Waals surface area contributed by atoms with E-state index in [0.717, 1.165) is 6.42 Å². The number of nitriles is 1. The van der Waals surface area contributed by atoms with E-state index in [1.54, 1.807) is 18.0 Å². The van der Waals surface area contributed by atoms with Crippen LogP contribution in [0.1, 0.15) is 27.2 Å². The summed E-state index contributed by atoms with van der Waals surface area (Å²) in [5.74, 6) is -0.157. The van der Waals surface area contributed by atoms with E-state index < -0.39 is 10.8 Å². The number of likely N-dealkylation sites (tertiary alicyclic amines) is 1. The van der Waals surface area contributed by atoms with Crippen LogP contribution in [0.4, 0.5) is 0 Å². The number of piperidine rings is 1. The van der Waals surface area contributed by atoms with E-state index in [-0.39, 0.29) is 23.2 Å². The maximum Gasteiger partial charge on any atom is 0.232 e. The zero-order valence-corrected chi connectivity index (χ0v) is 11.3. The Morgan fingerprint density at radius 2 is 2.00 bits per heavy atom. The molecule has 1 heterocycles. The minimum atomic E-state index is -0.727. The van der Waals surface area contributed by atoms with Gasteiger partial charge in [0.1, 0.15) is 6.07 Å². The fraction of sp³-hybridized carbons (Fsp3) is 0.643. The van der Waals surface area contributed by atoms with Crippen molar-refractivity contribution < 1.29 is 9.59 Å².